The van der Waals surface area contributed by atoms with Gasteiger partial charge in [-0.1, -0.05) is 6.92 Å². The summed E-state index contributed by atoms with van der Waals surface area (Å²) in [6, 6.07) is -0.0677. The molecule has 2 aliphatic rings. The average molecular weight is 333 g/mol. The maximum absolute atomic E-state index is 12.4. The van der Waals surface area contributed by atoms with E-state index in [-0.39, 0.29) is 29.9 Å². The van der Waals surface area contributed by atoms with Crippen LogP contribution in [0.3, 0.4) is 0 Å². The van der Waals surface area contributed by atoms with E-state index in [1.807, 2.05) is 6.92 Å². The van der Waals surface area contributed by atoms with Gasteiger partial charge in [0.1, 0.15) is 6.10 Å². The molecular weight excluding hydrogens is 306 g/mol. The predicted octanol–water partition coefficient (Wildman–Crippen LogP) is -0.187. The highest BCUT2D eigenvalue weighted by molar-refractivity contribution is 7.89. The lowest BCUT2D eigenvalue weighted by atomic mass is 10.0. The van der Waals surface area contributed by atoms with Crippen molar-refractivity contribution in [2.45, 2.75) is 57.3 Å². The van der Waals surface area contributed by atoms with Gasteiger partial charge in [-0.15, -0.1) is 0 Å². The van der Waals surface area contributed by atoms with E-state index in [0.717, 1.165) is 12.8 Å². The topological polar surface area (TPSA) is 102 Å². The zero-order valence-corrected chi connectivity index (χ0v) is 14.0. The van der Waals surface area contributed by atoms with Crippen LogP contribution >= 0.6 is 0 Å². The van der Waals surface area contributed by atoms with Crippen molar-refractivity contribution in [3.63, 3.8) is 0 Å². The number of hydrogen-bond acceptors (Lipinski definition) is 5. The smallest absolute Gasteiger partial charge is 0.251 e. The molecule has 2 rings (SSSR count). The van der Waals surface area contributed by atoms with Crippen LogP contribution in [0.2, 0.25) is 0 Å². The second-order valence-corrected chi connectivity index (χ2v) is 7.97. The van der Waals surface area contributed by atoms with Gasteiger partial charge in [0, 0.05) is 25.7 Å². The van der Waals surface area contributed by atoms with Gasteiger partial charge in [-0.2, -0.15) is 0 Å². The zero-order chi connectivity index (χ0) is 16.2. The maximum atomic E-state index is 12.4. The fourth-order valence-corrected chi connectivity index (χ4v) is 4.46. The van der Waals surface area contributed by atoms with E-state index >= 15 is 0 Å². The summed E-state index contributed by atoms with van der Waals surface area (Å²) >= 11 is 0. The SMILES string of the molecule is CCCS(=O)(=O)NC1CCN(C(=O)[C@@H]2CC[C@H](CN)O2)CC1. The molecule has 0 aliphatic carbocycles. The molecule has 0 aromatic heterocycles. The molecule has 0 radical (unpaired) electrons. The lowest BCUT2D eigenvalue weighted by molar-refractivity contribution is -0.143. The summed E-state index contributed by atoms with van der Waals surface area (Å²) in [4.78, 5) is 14.2. The molecule has 2 fully saturated rings. The highest BCUT2D eigenvalue weighted by atomic mass is 32.2. The summed E-state index contributed by atoms with van der Waals surface area (Å²) in [6.07, 6.45) is 3.09. The number of ether oxygens (including phenoxy) is 1. The molecule has 2 saturated heterocycles. The van der Waals surface area contributed by atoms with Crippen LogP contribution in [-0.2, 0) is 19.6 Å². The quantitative estimate of drug-likeness (QED) is 0.702. The van der Waals surface area contributed by atoms with Crippen LogP contribution in [-0.4, -0.2) is 62.9 Å². The number of carbonyl (C=O) groups is 1. The number of hydrogen-bond donors (Lipinski definition) is 2. The van der Waals surface area contributed by atoms with Gasteiger partial charge >= 0.3 is 0 Å². The Balaban J connectivity index is 1.78. The van der Waals surface area contributed by atoms with Crippen molar-refractivity contribution in [3.8, 4) is 0 Å². The van der Waals surface area contributed by atoms with Gasteiger partial charge in [0.2, 0.25) is 10.0 Å². The number of nitrogens with two attached hydrogens (primary N) is 1. The first kappa shape index (κ1) is 17.7. The zero-order valence-electron chi connectivity index (χ0n) is 13.2. The standard InChI is InChI=1S/C14H27N3O4S/c1-2-9-22(19,20)16-11-5-7-17(8-6-11)14(18)13-4-3-12(10-15)21-13/h11-13,16H,2-10,15H2,1H3/t12-,13+/m1/s1. The van der Waals surface area contributed by atoms with Crippen LogP contribution < -0.4 is 10.5 Å². The Bertz CT molecular complexity index is 474. The number of nitrogens with one attached hydrogen (secondary N) is 1. The van der Waals surface area contributed by atoms with Gasteiger partial charge in [0.15, 0.2) is 0 Å². The van der Waals surface area contributed by atoms with Crippen molar-refractivity contribution in [1.29, 1.82) is 0 Å². The van der Waals surface area contributed by atoms with Crippen molar-refractivity contribution in [3.05, 3.63) is 0 Å². The molecule has 0 unspecified atom stereocenters. The molecule has 8 heteroatoms. The Labute approximate surface area is 132 Å². The molecule has 0 spiro atoms. The molecular formula is C14H27N3O4S. The molecule has 7 nitrogen and oxygen atoms in total. The highest BCUT2D eigenvalue weighted by Crippen LogP contribution is 2.22. The lowest BCUT2D eigenvalue weighted by Crippen LogP contribution is -2.49. The second-order valence-electron chi connectivity index (χ2n) is 6.10. The van der Waals surface area contributed by atoms with Crippen molar-refractivity contribution in [2.24, 2.45) is 5.73 Å². The largest absolute Gasteiger partial charge is 0.364 e. The average Bonchev–Trinajstić information content (AvgIpc) is 2.95. The normalized spacial score (nSPS) is 27.3. The summed E-state index contributed by atoms with van der Waals surface area (Å²) < 4.78 is 31.9. The molecule has 2 aliphatic heterocycles. The minimum atomic E-state index is -3.19. The van der Waals surface area contributed by atoms with E-state index in [1.54, 1.807) is 4.90 Å². The third-order valence-electron chi connectivity index (χ3n) is 4.27. The molecule has 0 bridgehead atoms. The van der Waals surface area contributed by atoms with E-state index in [2.05, 4.69) is 4.72 Å². The molecule has 2 atom stereocenters. The van der Waals surface area contributed by atoms with E-state index in [1.165, 1.54) is 0 Å². The molecule has 2 heterocycles. The maximum Gasteiger partial charge on any atom is 0.251 e. The van der Waals surface area contributed by atoms with Crippen LogP contribution in [0.4, 0.5) is 0 Å². The monoisotopic (exact) mass is 333 g/mol. The fourth-order valence-electron chi connectivity index (χ4n) is 3.06. The minimum absolute atomic E-state index is 0.00709. The minimum Gasteiger partial charge on any atom is -0.364 e. The van der Waals surface area contributed by atoms with Gasteiger partial charge in [-0.05, 0) is 32.1 Å². The number of nitrogens with zero attached hydrogens (tertiary/aromatic N) is 1. The summed E-state index contributed by atoms with van der Waals surface area (Å²) in [5, 5.41) is 0. The van der Waals surface area contributed by atoms with Crippen molar-refractivity contribution in [1.82, 2.24) is 9.62 Å². The fraction of sp³-hybridized carbons (Fsp3) is 0.929. The van der Waals surface area contributed by atoms with Gasteiger partial charge in [0.05, 0.1) is 11.9 Å². The van der Waals surface area contributed by atoms with Gasteiger partial charge < -0.3 is 15.4 Å². The van der Waals surface area contributed by atoms with Crippen LogP contribution in [0.5, 0.6) is 0 Å². The van der Waals surface area contributed by atoms with E-state index < -0.39 is 10.0 Å². The number of amides is 1. The summed E-state index contributed by atoms with van der Waals surface area (Å²) in [6.45, 7) is 3.44. The van der Waals surface area contributed by atoms with Gasteiger partial charge in [0.25, 0.3) is 5.91 Å². The van der Waals surface area contributed by atoms with Crippen LogP contribution in [0.1, 0.15) is 39.0 Å². The number of rotatable bonds is 6. The molecule has 3 N–H and O–H groups in total. The van der Waals surface area contributed by atoms with Gasteiger partial charge in [-0.3, -0.25) is 4.79 Å². The van der Waals surface area contributed by atoms with Crippen molar-refractivity contribution >= 4 is 15.9 Å². The van der Waals surface area contributed by atoms with Crippen LogP contribution in [0.15, 0.2) is 0 Å². The molecule has 1 amide bonds. The first-order chi connectivity index (χ1) is 10.4. The lowest BCUT2D eigenvalue weighted by Gasteiger charge is -2.33. The van der Waals surface area contributed by atoms with E-state index in [4.69, 9.17) is 10.5 Å². The molecule has 128 valence electrons. The summed E-state index contributed by atoms with van der Waals surface area (Å²) in [5.74, 6) is 0.175. The van der Waals surface area contributed by atoms with Crippen molar-refractivity contribution in [2.75, 3.05) is 25.4 Å². The second kappa shape index (κ2) is 7.72. The Kier molecular flexibility index (Phi) is 6.19. The summed E-state index contributed by atoms with van der Waals surface area (Å²) in [5.41, 5.74) is 5.56. The number of likely N-dealkylation sites (tertiary alicyclic amines) is 1. The van der Waals surface area contributed by atoms with Crippen LogP contribution in [0, 0.1) is 0 Å². The summed E-state index contributed by atoms with van der Waals surface area (Å²) in [7, 11) is -3.19. The Morgan fingerprint density at radius 1 is 1.27 bits per heavy atom. The first-order valence-corrected chi connectivity index (χ1v) is 9.74. The molecule has 0 aromatic rings. The number of carbonyl (C=O) groups excluding carboxylic acids is 1. The Morgan fingerprint density at radius 2 is 1.95 bits per heavy atom. The Morgan fingerprint density at radius 3 is 2.50 bits per heavy atom. The van der Waals surface area contributed by atoms with E-state index in [0.29, 0.717) is 38.9 Å². The van der Waals surface area contributed by atoms with Crippen molar-refractivity contribution < 1.29 is 17.9 Å². The van der Waals surface area contributed by atoms with Crippen LogP contribution in [0.25, 0.3) is 0 Å². The third kappa shape index (κ3) is 4.65. The molecule has 0 saturated carbocycles. The molecule has 0 aromatic carbocycles. The molecule has 22 heavy (non-hydrogen) atoms. The van der Waals surface area contributed by atoms with E-state index in [9.17, 15) is 13.2 Å². The third-order valence-corrected chi connectivity index (χ3v) is 5.91. The first-order valence-electron chi connectivity index (χ1n) is 8.09. The van der Waals surface area contributed by atoms with Gasteiger partial charge in [-0.25, -0.2) is 13.1 Å². The predicted molar refractivity (Wildman–Crippen MR) is 83.8 cm³/mol. The number of piperidine rings is 1. The number of sulfonamides is 1. The Hall–Kier alpha value is -0.700. The highest BCUT2D eigenvalue weighted by Gasteiger charge is 2.34.